The van der Waals surface area contributed by atoms with Crippen LogP contribution in [0.15, 0.2) is 24.3 Å². The molecule has 0 aliphatic heterocycles. The molecule has 3 N–H and O–H groups in total. The highest BCUT2D eigenvalue weighted by atomic mass is 16.5. The topological polar surface area (TPSA) is 73.6 Å². The van der Waals surface area contributed by atoms with E-state index in [0.29, 0.717) is 11.4 Å². The fourth-order valence-electron chi connectivity index (χ4n) is 1.56. The molecular weight excluding hydrogens is 244 g/mol. The summed E-state index contributed by atoms with van der Waals surface area (Å²) in [5.74, 6) is 0.587. The van der Waals surface area contributed by atoms with Crippen LogP contribution in [0, 0.1) is 0 Å². The van der Waals surface area contributed by atoms with Crippen LogP contribution in [0.3, 0.4) is 0 Å². The minimum absolute atomic E-state index is 0.195. The lowest BCUT2D eigenvalue weighted by atomic mass is 9.96. The second-order valence-electron chi connectivity index (χ2n) is 4.47. The van der Waals surface area contributed by atoms with Crippen molar-refractivity contribution in [2.75, 3.05) is 19.0 Å². The van der Waals surface area contributed by atoms with Crippen LogP contribution in [-0.4, -0.2) is 25.3 Å². The molecule has 0 saturated heterocycles. The SMILES string of the molecule is CCC(N)(CC)COC(=O)Nc1ccccc1OC. The van der Waals surface area contributed by atoms with Crippen LogP contribution in [-0.2, 0) is 4.74 Å². The number of para-hydroxylation sites is 2. The summed E-state index contributed by atoms with van der Waals surface area (Å²) in [5, 5.41) is 2.64. The summed E-state index contributed by atoms with van der Waals surface area (Å²) in [5.41, 5.74) is 6.18. The minimum atomic E-state index is -0.527. The van der Waals surface area contributed by atoms with Crippen molar-refractivity contribution in [3.8, 4) is 5.75 Å². The number of benzene rings is 1. The first kappa shape index (κ1) is 15.3. The number of carbonyl (C=O) groups is 1. The molecule has 0 spiro atoms. The molecule has 5 nitrogen and oxygen atoms in total. The van der Waals surface area contributed by atoms with Crippen molar-refractivity contribution in [2.24, 2.45) is 5.73 Å². The Labute approximate surface area is 114 Å². The Kier molecular flexibility index (Phi) is 5.63. The highest BCUT2D eigenvalue weighted by molar-refractivity contribution is 5.86. The predicted octanol–water partition coefficient (Wildman–Crippen LogP) is 2.76. The first-order valence-corrected chi connectivity index (χ1v) is 6.40. The largest absolute Gasteiger partial charge is 0.495 e. The van der Waals surface area contributed by atoms with E-state index in [-0.39, 0.29) is 6.61 Å². The lowest BCUT2D eigenvalue weighted by Crippen LogP contribution is -2.44. The smallest absolute Gasteiger partial charge is 0.411 e. The molecule has 0 unspecified atom stereocenters. The number of ether oxygens (including phenoxy) is 2. The Hall–Kier alpha value is -1.75. The number of nitrogens with two attached hydrogens (primary N) is 1. The molecule has 0 radical (unpaired) electrons. The van der Waals surface area contributed by atoms with E-state index in [1.807, 2.05) is 26.0 Å². The maximum atomic E-state index is 11.7. The Morgan fingerprint density at radius 2 is 1.95 bits per heavy atom. The van der Waals surface area contributed by atoms with E-state index in [2.05, 4.69) is 5.32 Å². The predicted molar refractivity (Wildman–Crippen MR) is 75.5 cm³/mol. The third kappa shape index (κ3) is 4.44. The fraction of sp³-hybridized carbons (Fsp3) is 0.500. The molecular formula is C14H22N2O3. The van der Waals surface area contributed by atoms with Crippen LogP contribution in [0.25, 0.3) is 0 Å². The third-order valence-corrected chi connectivity index (χ3v) is 3.24. The maximum absolute atomic E-state index is 11.7. The van der Waals surface area contributed by atoms with E-state index in [0.717, 1.165) is 12.8 Å². The van der Waals surface area contributed by atoms with Crippen molar-refractivity contribution >= 4 is 11.8 Å². The lowest BCUT2D eigenvalue weighted by molar-refractivity contribution is 0.125. The van der Waals surface area contributed by atoms with Gasteiger partial charge in [-0.05, 0) is 25.0 Å². The van der Waals surface area contributed by atoms with E-state index in [1.165, 1.54) is 0 Å². The van der Waals surface area contributed by atoms with Crippen molar-refractivity contribution in [1.82, 2.24) is 0 Å². The third-order valence-electron chi connectivity index (χ3n) is 3.24. The molecule has 0 heterocycles. The van der Waals surface area contributed by atoms with Crippen molar-refractivity contribution in [2.45, 2.75) is 32.2 Å². The van der Waals surface area contributed by atoms with Crippen LogP contribution < -0.4 is 15.8 Å². The van der Waals surface area contributed by atoms with Crippen LogP contribution in [0.5, 0.6) is 5.75 Å². The Morgan fingerprint density at radius 3 is 2.53 bits per heavy atom. The quantitative estimate of drug-likeness (QED) is 0.830. The van der Waals surface area contributed by atoms with E-state index < -0.39 is 11.6 Å². The monoisotopic (exact) mass is 266 g/mol. The molecule has 0 fully saturated rings. The normalized spacial score (nSPS) is 10.9. The molecule has 0 aliphatic carbocycles. The number of nitrogens with one attached hydrogen (secondary N) is 1. The van der Waals surface area contributed by atoms with Gasteiger partial charge in [-0.1, -0.05) is 26.0 Å². The van der Waals surface area contributed by atoms with Gasteiger partial charge in [0.05, 0.1) is 12.8 Å². The van der Waals surface area contributed by atoms with Crippen molar-refractivity contribution in [1.29, 1.82) is 0 Å². The molecule has 1 amide bonds. The first-order valence-electron chi connectivity index (χ1n) is 6.40. The molecule has 5 heteroatoms. The van der Waals surface area contributed by atoms with Gasteiger partial charge in [0.2, 0.25) is 0 Å². The Balaban J connectivity index is 2.56. The van der Waals surface area contributed by atoms with Gasteiger partial charge in [0.25, 0.3) is 0 Å². The standard InChI is InChI=1S/C14H22N2O3/c1-4-14(15,5-2)10-19-13(17)16-11-8-6-7-9-12(11)18-3/h6-9H,4-5,10,15H2,1-3H3,(H,16,17). The van der Waals surface area contributed by atoms with Crippen molar-refractivity contribution in [3.63, 3.8) is 0 Å². The molecule has 1 rings (SSSR count). The molecule has 0 atom stereocenters. The second-order valence-corrected chi connectivity index (χ2v) is 4.47. The zero-order chi connectivity index (χ0) is 14.3. The summed E-state index contributed by atoms with van der Waals surface area (Å²) in [6.07, 6.45) is 0.984. The average Bonchev–Trinajstić information content (AvgIpc) is 2.45. The molecule has 1 aromatic carbocycles. The molecule has 0 aromatic heterocycles. The zero-order valence-electron chi connectivity index (χ0n) is 11.7. The summed E-state index contributed by atoms with van der Waals surface area (Å²) < 4.78 is 10.3. The molecule has 106 valence electrons. The number of amides is 1. The highest BCUT2D eigenvalue weighted by Crippen LogP contribution is 2.23. The second kappa shape index (κ2) is 6.99. The van der Waals surface area contributed by atoms with Crippen LogP contribution in [0.1, 0.15) is 26.7 Å². The average molecular weight is 266 g/mol. The van der Waals surface area contributed by atoms with Crippen LogP contribution in [0.4, 0.5) is 10.5 Å². The van der Waals surface area contributed by atoms with Gasteiger partial charge in [0.1, 0.15) is 12.4 Å². The van der Waals surface area contributed by atoms with E-state index in [9.17, 15) is 4.79 Å². The number of rotatable bonds is 6. The van der Waals surface area contributed by atoms with Gasteiger partial charge in [-0.15, -0.1) is 0 Å². The van der Waals surface area contributed by atoms with Gasteiger partial charge in [-0.3, -0.25) is 5.32 Å². The number of methoxy groups -OCH3 is 1. The summed E-state index contributed by atoms with van der Waals surface area (Å²) in [7, 11) is 1.55. The van der Waals surface area contributed by atoms with Gasteiger partial charge in [-0.2, -0.15) is 0 Å². The summed E-state index contributed by atoms with van der Waals surface area (Å²) >= 11 is 0. The van der Waals surface area contributed by atoms with E-state index in [4.69, 9.17) is 15.2 Å². The molecule has 0 saturated carbocycles. The molecule has 1 aromatic rings. The van der Waals surface area contributed by atoms with Gasteiger partial charge < -0.3 is 15.2 Å². The first-order chi connectivity index (χ1) is 9.04. The Bertz CT molecular complexity index is 417. The van der Waals surface area contributed by atoms with Gasteiger partial charge in [-0.25, -0.2) is 4.79 Å². The van der Waals surface area contributed by atoms with Crippen LogP contribution >= 0.6 is 0 Å². The lowest BCUT2D eigenvalue weighted by Gasteiger charge is -2.25. The van der Waals surface area contributed by atoms with Gasteiger partial charge >= 0.3 is 6.09 Å². The van der Waals surface area contributed by atoms with Gasteiger partial charge in [0.15, 0.2) is 0 Å². The number of hydrogen-bond acceptors (Lipinski definition) is 4. The molecule has 0 aliphatic rings. The summed E-state index contributed by atoms with van der Waals surface area (Å²) in [6.45, 7) is 4.15. The fourth-order valence-corrected chi connectivity index (χ4v) is 1.56. The van der Waals surface area contributed by atoms with Crippen molar-refractivity contribution in [3.05, 3.63) is 24.3 Å². The van der Waals surface area contributed by atoms with Gasteiger partial charge in [0, 0.05) is 5.54 Å². The van der Waals surface area contributed by atoms with Crippen LogP contribution in [0.2, 0.25) is 0 Å². The number of anilines is 1. The zero-order valence-corrected chi connectivity index (χ0v) is 11.7. The van der Waals surface area contributed by atoms with Crippen molar-refractivity contribution < 1.29 is 14.3 Å². The number of hydrogen-bond donors (Lipinski definition) is 2. The summed E-state index contributed by atoms with van der Waals surface area (Å²) in [4.78, 5) is 11.7. The maximum Gasteiger partial charge on any atom is 0.411 e. The number of carbonyl (C=O) groups excluding carboxylic acids is 1. The molecule has 19 heavy (non-hydrogen) atoms. The summed E-state index contributed by atoms with van der Waals surface area (Å²) in [6, 6.07) is 7.15. The molecule has 0 bridgehead atoms. The van der Waals surface area contributed by atoms with E-state index >= 15 is 0 Å². The minimum Gasteiger partial charge on any atom is -0.495 e. The highest BCUT2D eigenvalue weighted by Gasteiger charge is 2.22. The van der Waals surface area contributed by atoms with E-state index in [1.54, 1.807) is 19.2 Å². The Morgan fingerprint density at radius 1 is 1.32 bits per heavy atom.